The highest BCUT2D eigenvalue weighted by Crippen LogP contribution is 2.58. The molecule has 0 spiro atoms. The number of aromatic hydroxyl groups is 1. The lowest BCUT2D eigenvalue weighted by molar-refractivity contribution is -0.123. The zero-order valence-corrected chi connectivity index (χ0v) is 34.8. The molecule has 2 amide bonds. The van der Waals surface area contributed by atoms with Crippen molar-refractivity contribution >= 4 is 12.0 Å². The first kappa shape index (κ1) is 39.4. The zero-order chi connectivity index (χ0) is 43.3. The number of ether oxygens (including phenoxy) is 5. The Hall–Kier alpha value is -6.71. The lowest BCUT2D eigenvalue weighted by Crippen LogP contribution is -2.69. The first-order valence-corrected chi connectivity index (χ1v) is 20.7. The van der Waals surface area contributed by atoms with E-state index >= 15 is 0 Å². The van der Waals surface area contributed by atoms with Gasteiger partial charge in [-0.3, -0.25) is 14.6 Å². The Labute approximate surface area is 355 Å². The predicted octanol–water partition coefficient (Wildman–Crippen LogP) is 2.44. The molecule has 18 heteroatoms. The normalized spacial score (nSPS) is 26.5. The highest BCUT2D eigenvalue weighted by molar-refractivity contribution is 5.85. The molecule has 7 atom stereocenters. The quantitative estimate of drug-likeness (QED) is 0.249. The van der Waals surface area contributed by atoms with Crippen molar-refractivity contribution in [3.63, 3.8) is 0 Å². The number of phenolic OH excluding ortho intramolecular Hbond substituents is 1. The minimum atomic E-state index is -1.06. The van der Waals surface area contributed by atoms with Gasteiger partial charge < -0.3 is 39.4 Å². The van der Waals surface area contributed by atoms with Gasteiger partial charge >= 0.3 is 17.5 Å². The molecule has 0 aliphatic carbocycles. The summed E-state index contributed by atoms with van der Waals surface area (Å²) in [5, 5.41) is 28.7. The summed E-state index contributed by atoms with van der Waals surface area (Å²) in [6, 6.07) is 8.78. The fraction of sp³-hybridized carbons (Fsp3) is 0.432. The topological polar surface area (TPSA) is 204 Å². The van der Waals surface area contributed by atoms with Gasteiger partial charge in [0, 0.05) is 40.9 Å². The van der Waals surface area contributed by atoms with Crippen LogP contribution < -0.4 is 41.0 Å². The third-order valence-electron chi connectivity index (χ3n) is 13.4. The number of hydrogen-bond donors (Lipinski definition) is 3. The molecular weight excluding hydrogens is 801 g/mol. The molecule has 322 valence electrons. The van der Waals surface area contributed by atoms with E-state index in [0.717, 1.165) is 26.8 Å². The van der Waals surface area contributed by atoms with E-state index in [-0.39, 0.29) is 44.9 Å². The van der Waals surface area contributed by atoms with Gasteiger partial charge in [-0.2, -0.15) is 5.26 Å². The Bertz CT molecular complexity index is 2750. The van der Waals surface area contributed by atoms with Crippen molar-refractivity contribution in [1.29, 1.82) is 5.26 Å². The largest absolute Gasteiger partial charge is 0.504 e. The number of carbonyl (C=O) groups is 2. The number of nitriles is 1. The van der Waals surface area contributed by atoms with Crippen molar-refractivity contribution in [3.8, 4) is 40.5 Å². The third-order valence-corrected chi connectivity index (χ3v) is 13.4. The molecule has 10 rings (SSSR count). The average molecular weight is 847 g/mol. The van der Waals surface area contributed by atoms with Gasteiger partial charge in [-0.05, 0) is 69.5 Å². The average Bonchev–Trinajstić information content (AvgIpc) is 3.84. The molecule has 4 aromatic rings. The van der Waals surface area contributed by atoms with Crippen LogP contribution in [0, 0.1) is 25.2 Å². The highest BCUT2D eigenvalue weighted by Gasteiger charge is 2.57. The number of para-hydroxylation sites is 1. The lowest BCUT2D eigenvalue weighted by Gasteiger charge is -2.60. The number of hydrogen-bond acceptors (Lipinski definition) is 13. The molecule has 18 nitrogen and oxygen atoms in total. The summed E-state index contributed by atoms with van der Waals surface area (Å²) in [5.41, 5.74) is 4.44. The smallest absolute Gasteiger partial charge is 0.407 e. The Morgan fingerprint density at radius 2 is 1.73 bits per heavy atom. The van der Waals surface area contributed by atoms with Crippen LogP contribution in [0.1, 0.15) is 58.4 Å². The van der Waals surface area contributed by atoms with Crippen LogP contribution in [0.2, 0.25) is 0 Å². The minimum Gasteiger partial charge on any atom is -0.504 e. The maximum atomic E-state index is 14.0. The molecule has 6 aliphatic heterocycles. The van der Waals surface area contributed by atoms with Crippen molar-refractivity contribution < 1.29 is 38.4 Å². The molecule has 6 aliphatic rings. The number of aromatic nitrogens is 3. The third kappa shape index (κ3) is 5.82. The van der Waals surface area contributed by atoms with Gasteiger partial charge in [0.1, 0.15) is 37.1 Å². The standard InChI is InChI=1S/C44H46N8O10/c1-21-11-25-13-29-31(15-45)51-30(35(48(29)4)33(25)36(53)37(21)58-5)14-28-34-32(51)16-46-41(54)23(3)47-42(55)60-19-27-12-24(18-59-38(28)22(2)39-40(34)62-20-61-39)17-49-43(56)50(44(57)52(27)49)26-9-7-6-8-10-26/h6-12,23,27,29-32,35,53H,13-14,16-20H2,1-5H3,(H,46,54)(H,47,55)/t23-,27?,29-,30-,31-,32?,35-/m0/s1. The number of piperazine rings is 1. The van der Waals surface area contributed by atoms with Gasteiger partial charge in [0.15, 0.2) is 23.0 Å². The number of nitrogens with one attached hydrogen (secondary N) is 2. The molecule has 0 saturated carbocycles. The van der Waals surface area contributed by atoms with Crippen LogP contribution in [0.25, 0.3) is 5.69 Å². The number of aryl methyl sites for hydroxylation is 1. The SMILES string of the molecule is COc1c(C)cc2c(c1O)[C@@H]1[C@@H]3Cc4c5c(C)c6c(c4C(CNC(=O)[C@H](C)NC(=O)OCC4C=C(CO5)Cn5c(=O)n(-c7ccccc7)c(=O)n54)N3[C@@H](C#N)[C@H](C2)N1C)OCO6. The van der Waals surface area contributed by atoms with Gasteiger partial charge in [-0.1, -0.05) is 30.3 Å². The van der Waals surface area contributed by atoms with Crippen molar-refractivity contribution in [2.75, 3.05) is 40.7 Å². The number of amides is 2. The molecule has 1 aromatic heterocycles. The van der Waals surface area contributed by atoms with E-state index in [1.54, 1.807) is 36.4 Å². The van der Waals surface area contributed by atoms with Gasteiger partial charge in [0.05, 0.1) is 37.5 Å². The van der Waals surface area contributed by atoms with Crippen LogP contribution in [0.15, 0.2) is 57.6 Å². The maximum absolute atomic E-state index is 14.0. The number of cyclic esters (lactones) is 1. The van der Waals surface area contributed by atoms with Gasteiger partial charge in [-0.15, -0.1) is 0 Å². The number of phenols is 1. The van der Waals surface area contributed by atoms with E-state index in [1.807, 2.05) is 27.0 Å². The van der Waals surface area contributed by atoms with Crippen LogP contribution in [-0.2, 0) is 28.9 Å². The molecule has 1 fully saturated rings. The number of rotatable bonds is 2. The number of nitrogens with zero attached hydrogens (tertiary/aromatic N) is 6. The molecule has 7 heterocycles. The lowest BCUT2D eigenvalue weighted by atomic mass is 9.71. The van der Waals surface area contributed by atoms with E-state index < -0.39 is 59.6 Å². The number of benzene rings is 3. The van der Waals surface area contributed by atoms with Crippen molar-refractivity contribution in [3.05, 3.63) is 102 Å². The Balaban J connectivity index is 1.14. The van der Waals surface area contributed by atoms with Gasteiger partial charge in [-0.25, -0.2) is 28.3 Å². The second kappa shape index (κ2) is 14.7. The number of alkyl carbamates (subject to hydrolysis) is 1. The summed E-state index contributed by atoms with van der Waals surface area (Å²) in [7, 11) is 3.51. The van der Waals surface area contributed by atoms with Gasteiger partial charge in [0.25, 0.3) is 0 Å². The Kier molecular flexibility index (Phi) is 9.37. The van der Waals surface area contributed by atoms with Crippen LogP contribution in [0.4, 0.5) is 4.79 Å². The summed E-state index contributed by atoms with van der Waals surface area (Å²) >= 11 is 0. The predicted molar refractivity (Wildman–Crippen MR) is 220 cm³/mol. The molecule has 8 bridgehead atoms. The Morgan fingerprint density at radius 1 is 0.952 bits per heavy atom. The zero-order valence-electron chi connectivity index (χ0n) is 34.8. The number of carbonyl (C=O) groups excluding carboxylic acids is 2. The summed E-state index contributed by atoms with van der Waals surface area (Å²) in [6.07, 6.45) is 1.70. The summed E-state index contributed by atoms with van der Waals surface area (Å²) < 4.78 is 34.2. The van der Waals surface area contributed by atoms with Crippen LogP contribution in [0.5, 0.6) is 28.7 Å². The molecule has 0 radical (unpaired) electrons. The van der Waals surface area contributed by atoms with E-state index in [4.69, 9.17) is 23.7 Å². The molecule has 1 saturated heterocycles. The molecular formula is C44H46N8O10. The molecule has 2 unspecified atom stereocenters. The van der Waals surface area contributed by atoms with E-state index in [9.17, 15) is 29.5 Å². The highest BCUT2D eigenvalue weighted by atomic mass is 16.7. The second-order valence-corrected chi connectivity index (χ2v) is 16.8. The number of likely N-dealkylation sites (N-methyl/N-ethyl adjacent to an activating group) is 1. The van der Waals surface area contributed by atoms with Crippen LogP contribution in [-0.4, -0.2) is 106 Å². The Morgan fingerprint density at radius 3 is 2.48 bits per heavy atom. The van der Waals surface area contributed by atoms with Crippen molar-refractivity contribution in [1.82, 2.24) is 34.4 Å². The summed E-state index contributed by atoms with van der Waals surface area (Å²) in [6.45, 7) is 4.92. The minimum absolute atomic E-state index is 0.00624. The monoisotopic (exact) mass is 846 g/mol. The fourth-order valence-electron chi connectivity index (χ4n) is 10.7. The first-order valence-electron chi connectivity index (χ1n) is 20.7. The number of methoxy groups -OCH3 is 1. The molecule has 3 N–H and O–H groups in total. The molecule has 62 heavy (non-hydrogen) atoms. The fourth-order valence-corrected chi connectivity index (χ4v) is 10.7. The summed E-state index contributed by atoms with van der Waals surface area (Å²) in [4.78, 5) is 59.5. The van der Waals surface area contributed by atoms with E-state index in [1.165, 1.54) is 23.4 Å². The van der Waals surface area contributed by atoms with Crippen molar-refractivity contribution in [2.45, 2.75) is 82.5 Å². The van der Waals surface area contributed by atoms with Gasteiger partial charge in [0.2, 0.25) is 12.7 Å². The van der Waals surface area contributed by atoms with Crippen molar-refractivity contribution in [2.24, 2.45) is 0 Å². The van der Waals surface area contributed by atoms with E-state index in [2.05, 4.69) is 26.5 Å². The first-order chi connectivity index (χ1) is 29.9. The molecule has 3 aromatic carbocycles. The second-order valence-electron chi connectivity index (χ2n) is 16.8. The number of fused-ring (bicyclic) bond motifs is 11. The van der Waals surface area contributed by atoms with Crippen LogP contribution >= 0.6 is 0 Å². The maximum Gasteiger partial charge on any atom is 0.407 e. The summed E-state index contributed by atoms with van der Waals surface area (Å²) in [5.74, 6) is 1.41. The van der Waals surface area contributed by atoms with Crippen LogP contribution in [0.3, 0.4) is 0 Å². The van der Waals surface area contributed by atoms with E-state index in [0.29, 0.717) is 58.2 Å².